The molecule has 0 aromatic heterocycles. The Bertz CT molecular complexity index is 348. The second-order valence-corrected chi connectivity index (χ2v) is 6.35. The van der Waals surface area contributed by atoms with Gasteiger partial charge in [0.25, 0.3) is 0 Å². The van der Waals surface area contributed by atoms with Gasteiger partial charge >= 0.3 is 0 Å². The van der Waals surface area contributed by atoms with E-state index in [9.17, 15) is 0 Å². The molecule has 88 valence electrons. The van der Waals surface area contributed by atoms with Gasteiger partial charge in [0.05, 0.1) is 0 Å². The van der Waals surface area contributed by atoms with Gasteiger partial charge in [-0.3, -0.25) is 0 Å². The second kappa shape index (κ2) is 6.08. The van der Waals surface area contributed by atoms with Crippen LogP contribution in [0.2, 0.25) is 0 Å². The van der Waals surface area contributed by atoms with E-state index >= 15 is 0 Å². The Hall–Kier alpha value is 0.01000. The third kappa shape index (κ3) is 3.25. The Labute approximate surface area is 110 Å². The summed E-state index contributed by atoms with van der Waals surface area (Å²) >= 11 is 5.60. The van der Waals surface area contributed by atoms with Gasteiger partial charge in [0.15, 0.2) is 0 Å². The van der Waals surface area contributed by atoms with Crippen LogP contribution >= 0.6 is 27.7 Å². The van der Waals surface area contributed by atoms with Crippen molar-refractivity contribution >= 4 is 27.7 Å². The van der Waals surface area contributed by atoms with Crippen molar-refractivity contribution < 1.29 is 0 Å². The molecular weight excluding hydrogens is 282 g/mol. The summed E-state index contributed by atoms with van der Waals surface area (Å²) in [6.07, 6.45) is 5.70. The molecule has 1 aliphatic carbocycles. The molecule has 1 nitrogen and oxygen atoms in total. The van der Waals surface area contributed by atoms with E-state index in [2.05, 4.69) is 34.1 Å². The topological polar surface area (TPSA) is 26.0 Å². The van der Waals surface area contributed by atoms with Crippen molar-refractivity contribution in [2.24, 2.45) is 11.7 Å². The summed E-state index contributed by atoms with van der Waals surface area (Å²) < 4.78 is 1.19. The summed E-state index contributed by atoms with van der Waals surface area (Å²) in [5.41, 5.74) is 6.81. The highest BCUT2D eigenvalue weighted by Gasteiger charge is 2.15. The molecule has 1 saturated carbocycles. The SMILES string of the molecule is NCc1ccc(SCC2CCCC2)c(Br)c1. The maximum Gasteiger partial charge on any atom is 0.0314 e. The summed E-state index contributed by atoms with van der Waals surface area (Å²) in [6, 6.07) is 6.45. The second-order valence-electron chi connectivity index (χ2n) is 4.43. The molecule has 0 unspecified atom stereocenters. The molecule has 0 spiro atoms. The lowest BCUT2D eigenvalue weighted by atomic mass is 10.1. The molecule has 1 aromatic carbocycles. The van der Waals surface area contributed by atoms with E-state index in [0.29, 0.717) is 6.54 Å². The number of hydrogen-bond acceptors (Lipinski definition) is 2. The number of halogens is 1. The molecule has 0 atom stereocenters. The number of nitrogens with two attached hydrogens (primary N) is 1. The minimum Gasteiger partial charge on any atom is -0.326 e. The van der Waals surface area contributed by atoms with Gasteiger partial charge in [0.2, 0.25) is 0 Å². The average molecular weight is 300 g/mol. The fourth-order valence-electron chi connectivity index (χ4n) is 2.17. The van der Waals surface area contributed by atoms with Gasteiger partial charge in [0.1, 0.15) is 0 Å². The molecular formula is C13H18BrNS. The van der Waals surface area contributed by atoms with Gasteiger partial charge < -0.3 is 5.73 Å². The van der Waals surface area contributed by atoms with Gasteiger partial charge in [-0.05, 0) is 52.4 Å². The minimum absolute atomic E-state index is 0.617. The molecule has 1 aromatic rings. The van der Waals surface area contributed by atoms with Crippen LogP contribution in [0.1, 0.15) is 31.2 Å². The third-order valence-electron chi connectivity index (χ3n) is 3.18. The average Bonchev–Trinajstić information content (AvgIpc) is 2.80. The monoisotopic (exact) mass is 299 g/mol. The molecule has 0 bridgehead atoms. The van der Waals surface area contributed by atoms with Crippen molar-refractivity contribution in [2.45, 2.75) is 37.1 Å². The molecule has 2 rings (SSSR count). The number of thioether (sulfide) groups is 1. The first-order chi connectivity index (χ1) is 7.79. The molecule has 3 heteroatoms. The number of benzene rings is 1. The fourth-order valence-corrected chi connectivity index (χ4v) is 4.05. The van der Waals surface area contributed by atoms with Crippen LogP contribution < -0.4 is 5.73 Å². The quantitative estimate of drug-likeness (QED) is 0.844. The standard InChI is InChI=1S/C13H18BrNS/c14-12-7-11(8-15)5-6-13(12)16-9-10-3-1-2-4-10/h5-7,10H,1-4,8-9,15H2. The Morgan fingerprint density at radius 1 is 1.31 bits per heavy atom. The van der Waals surface area contributed by atoms with Gasteiger partial charge in [-0.25, -0.2) is 0 Å². The van der Waals surface area contributed by atoms with Crippen LogP contribution in [0.5, 0.6) is 0 Å². The van der Waals surface area contributed by atoms with Crippen LogP contribution in [0, 0.1) is 5.92 Å². The lowest BCUT2D eigenvalue weighted by Gasteiger charge is -2.10. The van der Waals surface area contributed by atoms with Gasteiger partial charge in [-0.2, -0.15) is 0 Å². The van der Waals surface area contributed by atoms with Crippen LogP contribution in [0.25, 0.3) is 0 Å². The van der Waals surface area contributed by atoms with Gasteiger partial charge in [-0.15, -0.1) is 11.8 Å². The lowest BCUT2D eigenvalue weighted by Crippen LogP contribution is -1.98. The van der Waals surface area contributed by atoms with E-state index in [1.54, 1.807) is 0 Å². The van der Waals surface area contributed by atoms with Gasteiger partial charge in [0, 0.05) is 21.7 Å². The lowest BCUT2D eigenvalue weighted by molar-refractivity contribution is 0.623. The first kappa shape index (κ1) is 12.5. The first-order valence-electron chi connectivity index (χ1n) is 5.91. The highest BCUT2D eigenvalue weighted by Crippen LogP contribution is 2.34. The van der Waals surface area contributed by atoms with Crippen molar-refractivity contribution in [1.82, 2.24) is 0 Å². The molecule has 16 heavy (non-hydrogen) atoms. The van der Waals surface area contributed by atoms with E-state index in [4.69, 9.17) is 5.73 Å². The van der Waals surface area contributed by atoms with E-state index in [-0.39, 0.29) is 0 Å². The van der Waals surface area contributed by atoms with Crippen LogP contribution in [-0.2, 0) is 6.54 Å². The Morgan fingerprint density at radius 3 is 2.69 bits per heavy atom. The van der Waals surface area contributed by atoms with Crippen molar-refractivity contribution in [3.8, 4) is 0 Å². The van der Waals surface area contributed by atoms with E-state index in [1.807, 2.05) is 11.8 Å². The van der Waals surface area contributed by atoms with Crippen LogP contribution in [0.15, 0.2) is 27.6 Å². The van der Waals surface area contributed by atoms with Crippen molar-refractivity contribution in [3.63, 3.8) is 0 Å². The molecule has 0 saturated heterocycles. The van der Waals surface area contributed by atoms with E-state index in [1.165, 1.54) is 46.4 Å². The molecule has 1 fully saturated rings. The molecule has 0 radical (unpaired) electrons. The van der Waals surface area contributed by atoms with Crippen LogP contribution in [0.4, 0.5) is 0 Å². The van der Waals surface area contributed by atoms with E-state index in [0.717, 1.165) is 5.92 Å². The minimum atomic E-state index is 0.617. The van der Waals surface area contributed by atoms with Crippen LogP contribution in [0.3, 0.4) is 0 Å². The van der Waals surface area contributed by atoms with Gasteiger partial charge in [-0.1, -0.05) is 18.9 Å². The number of rotatable bonds is 4. The van der Waals surface area contributed by atoms with Crippen molar-refractivity contribution in [1.29, 1.82) is 0 Å². The summed E-state index contributed by atoms with van der Waals surface area (Å²) in [5.74, 6) is 2.20. The zero-order valence-electron chi connectivity index (χ0n) is 9.42. The Balaban J connectivity index is 1.93. The summed E-state index contributed by atoms with van der Waals surface area (Å²) in [6.45, 7) is 0.617. The highest BCUT2D eigenvalue weighted by molar-refractivity contribution is 9.10. The summed E-state index contributed by atoms with van der Waals surface area (Å²) in [5, 5.41) is 0. The third-order valence-corrected chi connectivity index (χ3v) is 5.40. The predicted octanol–water partition coefficient (Wildman–Crippen LogP) is 4.19. The molecule has 0 heterocycles. The zero-order valence-corrected chi connectivity index (χ0v) is 11.8. The van der Waals surface area contributed by atoms with E-state index < -0.39 is 0 Å². The summed E-state index contributed by atoms with van der Waals surface area (Å²) in [7, 11) is 0. The largest absolute Gasteiger partial charge is 0.326 e. The molecule has 0 amide bonds. The molecule has 1 aliphatic rings. The van der Waals surface area contributed by atoms with Crippen molar-refractivity contribution in [3.05, 3.63) is 28.2 Å². The normalized spacial score (nSPS) is 16.9. The highest BCUT2D eigenvalue weighted by atomic mass is 79.9. The fraction of sp³-hybridized carbons (Fsp3) is 0.538. The first-order valence-corrected chi connectivity index (χ1v) is 7.68. The predicted molar refractivity (Wildman–Crippen MR) is 74.7 cm³/mol. The zero-order chi connectivity index (χ0) is 11.4. The smallest absolute Gasteiger partial charge is 0.0314 e. The Morgan fingerprint density at radius 2 is 2.06 bits per heavy atom. The van der Waals surface area contributed by atoms with Crippen molar-refractivity contribution in [2.75, 3.05) is 5.75 Å². The molecule has 2 N–H and O–H groups in total. The maximum atomic E-state index is 5.61. The maximum absolute atomic E-state index is 5.61. The molecule has 0 aliphatic heterocycles. The Kier molecular flexibility index (Phi) is 4.74. The van der Waals surface area contributed by atoms with Crippen LogP contribution in [-0.4, -0.2) is 5.75 Å². The summed E-state index contributed by atoms with van der Waals surface area (Å²) in [4.78, 5) is 1.35. The number of hydrogen-bond donors (Lipinski definition) is 1.